The highest BCUT2D eigenvalue weighted by Gasteiger charge is 2.37. The van der Waals surface area contributed by atoms with Gasteiger partial charge in [0.2, 0.25) is 5.82 Å². The Morgan fingerprint density at radius 3 is 2.93 bits per heavy atom. The third-order valence-electron chi connectivity index (χ3n) is 5.49. The number of carbonyl (C=O) groups excluding carboxylic acids is 2. The smallest absolute Gasteiger partial charge is 0.291 e. The lowest BCUT2D eigenvalue weighted by Gasteiger charge is -2.19. The third kappa shape index (κ3) is 4.32. The lowest BCUT2D eigenvalue weighted by molar-refractivity contribution is -0.120. The highest BCUT2D eigenvalue weighted by molar-refractivity contribution is 6.00. The van der Waals surface area contributed by atoms with Crippen LogP contribution in [-0.2, 0) is 17.8 Å². The van der Waals surface area contributed by atoms with Crippen molar-refractivity contribution < 1.29 is 18.4 Å². The summed E-state index contributed by atoms with van der Waals surface area (Å²) in [4.78, 5) is 32.0. The van der Waals surface area contributed by atoms with Crippen LogP contribution < -0.4 is 10.2 Å². The van der Waals surface area contributed by atoms with Crippen molar-refractivity contribution in [1.29, 1.82) is 0 Å². The molecule has 2 aliphatic heterocycles. The lowest BCUT2D eigenvalue weighted by atomic mass is 10.2. The molecule has 0 bridgehead atoms. The second-order valence-corrected chi connectivity index (χ2v) is 7.74. The molecule has 0 unspecified atom stereocenters. The van der Waals surface area contributed by atoms with Crippen LogP contribution >= 0.6 is 0 Å². The normalized spacial score (nSPS) is 21.5. The molecule has 0 radical (unpaired) electrons. The van der Waals surface area contributed by atoms with Crippen molar-refractivity contribution >= 4 is 17.6 Å². The van der Waals surface area contributed by atoms with Crippen molar-refractivity contribution in [1.82, 2.24) is 35.2 Å². The Hall–Kier alpha value is -2.89. The van der Waals surface area contributed by atoms with Crippen molar-refractivity contribution in [2.45, 2.75) is 44.2 Å². The maximum atomic E-state index is 13.3. The highest BCUT2D eigenvalue weighted by atomic mass is 19.3. The van der Waals surface area contributed by atoms with Gasteiger partial charge in [0.05, 0.1) is 12.2 Å². The summed E-state index contributed by atoms with van der Waals surface area (Å²) >= 11 is 0. The average Bonchev–Trinajstić information content (AvgIpc) is 3.42. The summed E-state index contributed by atoms with van der Waals surface area (Å²) in [6.45, 7) is 1.31. The van der Waals surface area contributed by atoms with E-state index < -0.39 is 17.9 Å². The zero-order valence-corrected chi connectivity index (χ0v) is 16.6. The number of rotatable bonds is 6. The molecule has 4 heterocycles. The summed E-state index contributed by atoms with van der Waals surface area (Å²) in [5.74, 6) is -2.71. The number of H-pyrrole nitrogens is 1. The number of fused-ring (bicyclic) bond motifs is 1. The molecule has 0 aliphatic carbocycles. The number of hydrogen-bond donors (Lipinski definition) is 2. The van der Waals surface area contributed by atoms with Gasteiger partial charge in [-0.25, -0.2) is 18.4 Å². The largest absolute Gasteiger partial charge is 0.337 e. The number of alkyl halides is 2. The monoisotopic (exact) mass is 422 g/mol. The van der Waals surface area contributed by atoms with Gasteiger partial charge in [0, 0.05) is 32.6 Å². The maximum Gasteiger partial charge on any atom is 0.291 e. The number of nitrogens with one attached hydrogen (secondary N) is 2. The summed E-state index contributed by atoms with van der Waals surface area (Å²) in [5, 5.41) is 13.4. The average molecular weight is 422 g/mol. The van der Waals surface area contributed by atoms with Gasteiger partial charge in [-0.2, -0.15) is 5.10 Å². The van der Waals surface area contributed by atoms with Crippen LogP contribution in [0.3, 0.4) is 0 Å². The number of likely N-dealkylation sites (N-methyl/N-ethyl adjacent to an activating group) is 1. The molecule has 2 aromatic rings. The van der Waals surface area contributed by atoms with Crippen LogP contribution in [0.15, 0.2) is 12.4 Å². The van der Waals surface area contributed by atoms with Gasteiger partial charge >= 0.3 is 0 Å². The SMILES string of the molecule is CN1C(=O)[C@H](NC(=O)c2nc[nH]n2)CCn2nc(CCCN3CCC(F)(F)C3)cc21. The molecule has 0 aromatic carbocycles. The summed E-state index contributed by atoms with van der Waals surface area (Å²) in [6.07, 6.45) is 2.97. The highest BCUT2D eigenvalue weighted by Crippen LogP contribution is 2.27. The second-order valence-electron chi connectivity index (χ2n) is 7.74. The summed E-state index contributed by atoms with van der Waals surface area (Å²) in [7, 11) is 1.64. The predicted molar refractivity (Wildman–Crippen MR) is 102 cm³/mol. The Morgan fingerprint density at radius 2 is 2.23 bits per heavy atom. The van der Waals surface area contributed by atoms with E-state index in [0.717, 1.165) is 12.1 Å². The van der Waals surface area contributed by atoms with Crippen molar-refractivity contribution in [3.63, 3.8) is 0 Å². The Morgan fingerprint density at radius 1 is 1.40 bits per heavy atom. The topological polar surface area (TPSA) is 112 Å². The van der Waals surface area contributed by atoms with Gasteiger partial charge in [-0.05, 0) is 25.8 Å². The van der Waals surface area contributed by atoms with Gasteiger partial charge in [-0.1, -0.05) is 0 Å². The molecule has 1 fully saturated rings. The molecule has 10 nitrogen and oxygen atoms in total. The number of hydrogen-bond acceptors (Lipinski definition) is 6. The molecule has 2 aliphatic rings. The van der Waals surface area contributed by atoms with E-state index in [1.54, 1.807) is 16.6 Å². The van der Waals surface area contributed by atoms with Crippen LogP contribution in [0.4, 0.5) is 14.6 Å². The molecule has 1 saturated heterocycles. The molecule has 30 heavy (non-hydrogen) atoms. The summed E-state index contributed by atoms with van der Waals surface area (Å²) in [5.41, 5.74) is 0.818. The van der Waals surface area contributed by atoms with Crippen LogP contribution in [0, 0.1) is 0 Å². The molecular formula is C18H24F2N8O2. The minimum Gasteiger partial charge on any atom is -0.337 e. The van der Waals surface area contributed by atoms with Crippen LogP contribution in [0.2, 0.25) is 0 Å². The van der Waals surface area contributed by atoms with E-state index in [1.165, 1.54) is 11.2 Å². The first-order valence-corrected chi connectivity index (χ1v) is 9.93. The van der Waals surface area contributed by atoms with E-state index in [9.17, 15) is 18.4 Å². The Balaban J connectivity index is 1.34. The number of halogens is 2. The molecule has 2 aromatic heterocycles. The third-order valence-corrected chi connectivity index (χ3v) is 5.49. The quantitative estimate of drug-likeness (QED) is 0.699. The zero-order chi connectivity index (χ0) is 21.3. The Kier molecular flexibility index (Phi) is 5.50. The molecule has 1 atom stereocenters. The molecule has 0 spiro atoms. The van der Waals surface area contributed by atoms with Crippen molar-refractivity contribution in [2.24, 2.45) is 0 Å². The molecule has 162 valence electrons. The number of amides is 2. The maximum absolute atomic E-state index is 13.3. The van der Waals surface area contributed by atoms with Crippen molar-refractivity contribution in [2.75, 3.05) is 31.6 Å². The van der Waals surface area contributed by atoms with E-state index in [2.05, 4.69) is 25.6 Å². The second kappa shape index (κ2) is 8.09. The number of nitrogens with zero attached hydrogens (tertiary/aromatic N) is 6. The van der Waals surface area contributed by atoms with Gasteiger partial charge < -0.3 is 5.32 Å². The molecule has 2 amide bonds. The Bertz CT molecular complexity index is 913. The molecule has 0 saturated carbocycles. The fraction of sp³-hybridized carbons (Fsp3) is 0.611. The first kappa shape index (κ1) is 20.4. The van der Waals surface area contributed by atoms with E-state index in [1.807, 2.05) is 6.07 Å². The zero-order valence-electron chi connectivity index (χ0n) is 16.6. The van der Waals surface area contributed by atoms with Crippen molar-refractivity contribution in [3.05, 3.63) is 23.9 Å². The predicted octanol–water partition coefficient (Wildman–Crippen LogP) is 0.440. The van der Waals surface area contributed by atoms with Gasteiger partial charge in [-0.3, -0.25) is 24.5 Å². The first-order chi connectivity index (χ1) is 14.3. The summed E-state index contributed by atoms with van der Waals surface area (Å²) < 4.78 is 28.3. The molecule has 12 heteroatoms. The fourth-order valence-electron chi connectivity index (χ4n) is 3.89. The van der Waals surface area contributed by atoms with E-state index >= 15 is 0 Å². The number of aromatic amines is 1. The van der Waals surface area contributed by atoms with Crippen LogP contribution in [0.1, 0.15) is 35.6 Å². The number of carbonyl (C=O) groups is 2. The van der Waals surface area contributed by atoms with Gasteiger partial charge in [0.15, 0.2) is 0 Å². The van der Waals surface area contributed by atoms with Gasteiger partial charge in [0.25, 0.3) is 17.7 Å². The summed E-state index contributed by atoms with van der Waals surface area (Å²) in [6, 6.07) is 1.14. The van der Waals surface area contributed by atoms with Crippen LogP contribution in [-0.4, -0.2) is 80.3 Å². The number of anilines is 1. The standard InChI is InChI=1S/C18H24F2N8O2/c1-26-14-9-12(3-2-6-27-8-5-18(19,20)10-27)25-28(14)7-4-13(17(26)30)23-16(29)15-21-11-22-24-15/h9,11,13H,2-8,10H2,1H3,(H,23,29)(H,21,22,24)/t13-/m1/s1. The van der Waals surface area contributed by atoms with E-state index in [-0.39, 0.29) is 24.7 Å². The molecule has 4 rings (SSSR count). The molecular weight excluding hydrogens is 398 g/mol. The fourth-order valence-corrected chi connectivity index (χ4v) is 3.89. The minimum absolute atomic E-state index is 0.0227. The van der Waals surface area contributed by atoms with Crippen LogP contribution in [0.5, 0.6) is 0 Å². The first-order valence-electron chi connectivity index (χ1n) is 9.93. The van der Waals surface area contributed by atoms with E-state index in [4.69, 9.17) is 0 Å². The number of aromatic nitrogens is 5. The van der Waals surface area contributed by atoms with Crippen molar-refractivity contribution in [3.8, 4) is 0 Å². The lowest BCUT2D eigenvalue weighted by Crippen LogP contribution is -2.47. The van der Waals surface area contributed by atoms with Gasteiger partial charge in [0.1, 0.15) is 18.2 Å². The Labute approximate surface area is 171 Å². The van der Waals surface area contributed by atoms with E-state index in [0.29, 0.717) is 38.3 Å². The number of likely N-dealkylation sites (tertiary alicyclic amines) is 1. The number of aryl methyl sites for hydroxylation is 2. The molecule has 2 N–H and O–H groups in total. The minimum atomic E-state index is -2.58. The van der Waals surface area contributed by atoms with Crippen LogP contribution in [0.25, 0.3) is 0 Å². The van der Waals surface area contributed by atoms with Gasteiger partial charge in [-0.15, -0.1) is 5.10 Å².